The Balaban J connectivity index is 2.00. The summed E-state index contributed by atoms with van der Waals surface area (Å²) in [4.78, 5) is 18.2. The van der Waals surface area contributed by atoms with Crippen molar-refractivity contribution in [3.05, 3.63) is 46.2 Å². The van der Waals surface area contributed by atoms with E-state index in [-0.39, 0.29) is 21.7 Å². The average Bonchev–Trinajstić information content (AvgIpc) is 2.51. The summed E-state index contributed by atoms with van der Waals surface area (Å²) in [6.45, 7) is 0.788. The number of aromatic hydroxyl groups is 1. The van der Waals surface area contributed by atoms with E-state index in [1.165, 1.54) is 12.1 Å². The number of halogens is 2. The van der Waals surface area contributed by atoms with Crippen LogP contribution in [0.5, 0.6) is 11.5 Å². The van der Waals surface area contributed by atoms with Crippen LogP contribution in [-0.4, -0.2) is 29.1 Å². The number of amides is 1. The van der Waals surface area contributed by atoms with Crippen LogP contribution in [0.2, 0.25) is 10.0 Å². The molecule has 7 heteroatoms. The molecule has 0 saturated carbocycles. The molecule has 2 heterocycles. The second-order valence-electron chi connectivity index (χ2n) is 4.44. The number of pyridine rings is 1. The van der Waals surface area contributed by atoms with E-state index in [2.05, 4.69) is 4.98 Å². The van der Waals surface area contributed by atoms with Gasteiger partial charge < -0.3 is 14.7 Å². The van der Waals surface area contributed by atoms with Crippen LogP contribution >= 0.6 is 23.2 Å². The van der Waals surface area contributed by atoms with Gasteiger partial charge in [-0.15, -0.1) is 0 Å². The van der Waals surface area contributed by atoms with Crippen LogP contribution in [0.1, 0.15) is 10.4 Å². The molecule has 1 aromatic carbocycles. The standard InChI is InChI=1S/C14H10Cl2N2O3/c15-9-5-8(6-10(16)13(9)19)14(20)18-3-4-21-12-1-2-17-7-11(12)18/h1-2,5-7,19H,3-4H2. The number of carbonyl (C=O) groups excluding carboxylic acids is 1. The molecule has 0 radical (unpaired) electrons. The summed E-state index contributed by atoms with van der Waals surface area (Å²) >= 11 is 11.7. The van der Waals surface area contributed by atoms with Gasteiger partial charge in [-0.2, -0.15) is 0 Å². The minimum absolute atomic E-state index is 0.0329. The van der Waals surface area contributed by atoms with Crippen LogP contribution < -0.4 is 9.64 Å². The quantitative estimate of drug-likeness (QED) is 0.875. The third-order valence-corrected chi connectivity index (χ3v) is 3.71. The highest BCUT2D eigenvalue weighted by Crippen LogP contribution is 2.35. The second-order valence-corrected chi connectivity index (χ2v) is 5.25. The summed E-state index contributed by atoms with van der Waals surface area (Å²) in [7, 11) is 0. The van der Waals surface area contributed by atoms with Crippen LogP contribution in [0.4, 0.5) is 5.69 Å². The Hall–Kier alpha value is -1.98. The fourth-order valence-electron chi connectivity index (χ4n) is 2.12. The molecule has 2 aromatic rings. The first-order chi connectivity index (χ1) is 10.1. The third kappa shape index (κ3) is 2.50. The number of carbonyl (C=O) groups is 1. The number of hydrogen-bond acceptors (Lipinski definition) is 4. The van der Waals surface area contributed by atoms with Gasteiger partial charge in [-0.3, -0.25) is 9.78 Å². The third-order valence-electron chi connectivity index (χ3n) is 3.13. The summed E-state index contributed by atoms with van der Waals surface area (Å²) < 4.78 is 5.48. The molecule has 0 bridgehead atoms. The van der Waals surface area contributed by atoms with Crippen molar-refractivity contribution in [2.45, 2.75) is 0 Å². The highest BCUT2D eigenvalue weighted by Gasteiger charge is 2.25. The van der Waals surface area contributed by atoms with Gasteiger partial charge in [0.1, 0.15) is 18.0 Å². The second kappa shape index (κ2) is 5.42. The minimum Gasteiger partial charge on any atom is -0.505 e. The number of nitrogens with zero attached hydrogens (tertiary/aromatic N) is 2. The fourth-order valence-corrected chi connectivity index (χ4v) is 2.61. The van der Waals surface area contributed by atoms with E-state index in [1.54, 1.807) is 23.4 Å². The Labute approximate surface area is 130 Å². The normalized spacial score (nSPS) is 13.5. The Kier molecular flexibility index (Phi) is 3.61. The van der Waals surface area contributed by atoms with Crippen molar-refractivity contribution in [2.24, 2.45) is 0 Å². The van der Waals surface area contributed by atoms with Gasteiger partial charge in [-0.1, -0.05) is 23.2 Å². The molecule has 1 amide bonds. The van der Waals surface area contributed by atoms with Gasteiger partial charge in [0.05, 0.1) is 22.8 Å². The Morgan fingerprint density at radius 2 is 2.05 bits per heavy atom. The van der Waals surface area contributed by atoms with E-state index in [0.717, 1.165) is 0 Å². The first-order valence-electron chi connectivity index (χ1n) is 6.14. The van der Waals surface area contributed by atoms with Crippen molar-refractivity contribution >= 4 is 34.8 Å². The highest BCUT2D eigenvalue weighted by molar-refractivity contribution is 6.37. The van der Waals surface area contributed by atoms with Gasteiger partial charge in [0, 0.05) is 17.8 Å². The van der Waals surface area contributed by atoms with Gasteiger partial charge >= 0.3 is 0 Å². The first-order valence-corrected chi connectivity index (χ1v) is 6.90. The van der Waals surface area contributed by atoms with Crippen molar-refractivity contribution < 1.29 is 14.6 Å². The summed E-state index contributed by atoms with van der Waals surface area (Å²) in [5.74, 6) is 0.0795. The molecule has 0 saturated heterocycles. The molecule has 0 atom stereocenters. The number of aromatic nitrogens is 1. The van der Waals surface area contributed by atoms with Crippen molar-refractivity contribution in [3.8, 4) is 11.5 Å². The van der Waals surface area contributed by atoms with Gasteiger partial charge in [0.2, 0.25) is 0 Å². The van der Waals surface area contributed by atoms with Crippen LogP contribution in [0, 0.1) is 0 Å². The molecule has 0 unspecified atom stereocenters. The Morgan fingerprint density at radius 1 is 1.33 bits per heavy atom. The molecule has 1 N–H and O–H groups in total. The molecule has 21 heavy (non-hydrogen) atoms. The largest absolute Gasteiger partial charge is 0.505 e. The van der Waals surface area contributed by atoms with Crippen molar-refractivity contribution in [3.63, 3.8) is 0 Å². The SMILES string of the molecule is O=C(c1cc(Cl)c(O)c(Cl)c1)N1CCOc2ccncc21. The van der Waals surface area contributed by atoms with Crippen LogP contribution in [0.15, 0.2) is 30.6 Å². The number of phenols is 1. The van der Waals surface area contributed by atoms with E-state index >= 15 is 0 Å². The summed E-state index contributed by atoms with van der Waals surface area (Å²) in [5.41, 5.74) is 0.883. The number of benzene rings is 1. The monoisotopic (exact) mass is 324 g/mol. The first kappa shape index (κ1) is 14.0. The van der Waals surface area contributed by atoms with E-state index in [9.17, 15) is 9.90 Å². The predicted molar refractivity (Wildman–Crippen MR) is 79.5 cm³/mol. The lowest BCUT2D eigenvalue weighted by Gasteiger charge is -2.29. The zero-order chi connectivity index (χ0) is 15.0. The molecule has 108 valence electrons. The summed E-state index contributed by atoms with van der Waals surface area (Å²) in [6.07, 6.45) is 3.16. The number of ether oxygens (including phenoxy) is 1. The lowest BCUT2D eigenvalue weighted by atomic mass is 10.1. The number of hydrogen-bond donors (Lipinski definition) is 1. The van der Waals surface area contributed by atoms with Crippen LogP contribution in [-0.2, 0) is 0 Å². The molecule has 3 rings (SSSR count). The van der Waals surface area contributed by atoms with Crippen LogP contribution in [0.3, 0.4) is 0 Å². The molecule has 0 fully saturated rings. The molecular weight excluding hydrogens is 315 g/mol. The molecule has 0 spiro atoms. The summed E-state index contributed by atoms with van der Waals surface area (Å²) in [5, 5.41) is 9.63. The minimum atomic E-state index is -0.281. The van der Waals surface area contributed by atoms with Crippen molar-refractivity contribution in [1.82, 2.24) is 4.98 Å². The van der Waals surface area contributed by atoms with Gasteiger partial charge in [0.15, 0.2) is 5.75 Å². The van der Waals surface area contributed by atoms with Crippen LogP contribution in [0.25, 0.3) is 0 Å². The molecule has 1 aromatic heterocycles. The molecular formula is C14H10Cl2N2O3. The smallest absolute Gasteiger partial charge is 0.258 e. The Bertz CT molecular complexity index is 698. The van der Waals surface area contributed by atoms with E-state index in [1.807, 2.05) is 0 Å². The maximum Gasteiger partial charge on any atom is 0.258 e. The van der Waals surface area contributed by atoms with Crippen molar-refractivity contribution in [2.75, 3.05) is 18.1 Å². The number of rotatable bonds is 1. The topological polar surface area (TPSA) is 62.7 Å². The number of anilines is 1. The lowest BCUT2D eigenvalue weighted by molar-refractivity contribution is 0.0976. The Morgan fingerprint density at radius 3 is 2.76 bits per heavy atom. The summed E-state index contributed by atoms with van der Waals surface area (Å²) in [6, 6.07) is 4.47. The number of fused-ring (bicyclic) bond motifs is 1. The molecule has 1 aliphatic rings. The van der Waals surface area contributed by atoms with E-state index in [0.29, 0.717) is 30.2 Å². The fraction of sp³-hybridized carbons (Fsp3) is 0.143. The lowest BCUT2D eigenvalue weighted by Crippen LogP contribution is -2.38. The average molecular weight is 325 g/mol. The molecule has 1 aliphatic heterocycles. The van der Waals surface area contributed by atoms with Gasteiger partial charge in [-0.25, -0.2) is 0 Å². The zero-order valence-corrected chi connectivity index (χ0v) is 12.2. The maximum absolute atomic E-state index is 12.6. The molecule has 5 nitrogen and oxygen atoms in total. The van der Waals surface area contributed by atoms with Crippen molar-refractivity contribution in [1.29, 1.82) is 0 Å². The van der Waals surface area contributed by atoms with Gasteiger partial charge in [-0.05, 0) is 12.1 Å². The molecule has 0 aliphatic carbocycles. The zero-order valence-electron chi connectivity index (χ0n) is 10.7. The predicted octanol–water partition coefficient (Wildman–Crippen LogP) is 3.13. The van der Waals surface area contributed by atoms with E-state index in [4.69, 9.17) is 27.9 Å². The van der Waals surface area contributed by atoms with E-state index < -0.39 is 0 Å². The maximum atomic E-state index is 12.6. The van der Waals surface area contributed by atoms with Gasteiger partial charge in [0.25, 0.3) is 5.91 Å². The number of phenolic OH excluding ortho intramolecular Hbond substituents is 1. The highest BCUT2D eigenvalue weighted by atomic mass is 35.5.